The molecule has 1 rings (SSSR count). The molecule has 0 radical (unpaired) electrons. The second kappa shape index (κ2) is 3.94. The Morgan fingerprint density at radius 2 is 1.73 bits per heavy atom. The van der Waals surface area contributed by atoms with Gasteiger partial charge < -0.3 is 11.5 Å². The van der Waals surface area contributed by atoms with Crippen LogP contribution in [0.4, 0.5) is 0 Å². The first-order valence-corrected chi connectivity index (χ1v) is 4.79. The summed E-state index contributed by atoms with van der Waals surface area (Å²) >= 11 is 11.9. The molecular formula is C7H14Cl2N2. The number of nitrogens with two attached hydrogens (primary N) is 2. The summed E-state index contributed by atoms with van der Waals surface area (Å²) in [5.74, 6) is 0. The Morgan fingerprint density at radius 1 is 1.09 bits per heavy atom. The van der Waals surface area contributed by atoms with E-state index >= 15 is 0 Å². The van der Waals surface area contributed by atoms with Crippen molar-refractivity contribution in [2.75, 3.05) is 0 Å². The van der Waals surface area contributed by atoms with E-state index in [9.17, 15) is 0 Å². The molecule has 0 spiro atoms. The minimum absolute atomic E-state index is 0.0137. The highest BCUT2D eigenvalue weighted by Crippen LogP contribution is 2.25. The summed E-state index contributed by atoms with van der Waals surface area (Å²) in [6, 6.07) is -0.136. The highest BCUT2D eigenvalue weighted by Gasteiger charge is 2.30. The standard InChI is InChI=1S/C7H14Cl2N2/c8-4-2-1-3-5(10)7(11)6(4)9/h4-7H,1-3,10-11H2. The molecule has 2 nitrogen and oxygen atoms in total. The van der Waals surface area contributed by atoms with Crippen LogP contribution in [-0.2, 0) is 0 Å². The van der Waals surface area contributed by atoms with Crippen molar-refractivity contribution in [2.45, 2.75) is 42.1 Å². The molecular weight excluding hydrogens is 183 g/mol. The Hall–Kier alpha value is 0.500. The van der Waals surface area contributed by atoms with Crippen molar-refractivity contribution in [1.29, 1.82) is 0 Å². The molecule has 0 aromatic heterocycles. The van der Waals surface area contributed by atoms with Gasteiger partial charge in [0.2, 0.25) is 0 Å². The van der Waals surface area contributed by atoms with E-state index in [1.807, 2.05) is 0 Å². The molecule has 4 atom stereocenters. The van der Waals surface area contributed by atoms with Gasteiger partial charge in [-0.05, 0) is 12.8 Å². The van der Waals surface area contributed by atoms with Gasteiger partial charge in [-0.25, -0.2) is 0 Å². The molecule has 0 aliphatic heterocycles. The van der Waals surface area contributed by atoms with Crippen LogP contribution in [-0.4, -0.2) is 22.8 Å². The van der Waals surface area contributed by atoms with E-state index in [1.54, 1.807) is 0 Å². The first-order valence-electron chi connectivity index (χ1n) is 3.92. The van der Waals surface area contributed by atoms with E-state index < -0.39 is 0 Å². The summed E-state index contributed by atoms with van der Waals surface area (Å²) in [5, 5.41) is -0.186. The van der Waals surface area contributed by atoms with E-state index in [1.165, 1.54) is 0 Å². The summed E-state index contributed by atoms with van der Waals surface area (Å²) in [4.78, 5) is 0. The van der Waals surface area contributed by atoms with Crippen LogP contribution < -0.4 is 11.5 Å². The number of alkyl halides is 2. The Morgan fingerprint density at radius 3 is 2.36 bits per heavy atom. The Balaban J connectivity index is 2.58. The van der Waals surface area contributed by atoms with Crippen molar-refractivity contribution in [3.63, 3.8) is 0 Å². The molecule has 0 aromatic rings. The summed E-state index contributed by atoms with van der Waals surface area (Å²) in [6.45, 7) is 0. The van der Waals surface area contributed by atoms with Gasteiger partial charge in [0.25, 0.3) is 0 Å². The van der Waals surface area contributed by atoms with Crippen molar-refractivity contribution >= 4 is 23.2 Å². The Kier molecular flexibility index (Phi) is 3.44. The minimum atomic E-state index is -0.172. The molecule has 0 bridgehead atoms. The van der Waals surface area contributed by atoms with Crippen molar-refractivity contribution in [1.82, 2.24) is 0 Å². The first kappa shape index (κ1) is 9.59. The molecule has 4 N–H and O–H groups in total. The third-order valence-electron chi connectivity index (χ3n) is 2.22. The zero-order valence-corrected chi connectivity index (χ0v) is 7.85. The van der Waals surface area contributed by atoms with E-state index in [4.69, 9.17) is 34.7 Å². The van der Waals surface area contributed by atoms with Crippen LogP contribution >= 0.6 is 23.2 Å². The predicted octanol–water partition coefficient (Wildman–Crippen LogP) is 1.04. The average molecular weight is 197 g/mol. The van der Waals surface area contributed by atoms with E-state index in [2.05, 4.69) is 0 Å². The fraction of sp³-hybridized carbons (Fsp3) is 1.00. The van der Waals surface area contributed by atoms with Crippen LogP contribution in [0.3, 0.4) is 0 Å². The molecule has 0 aromatic carbocycles. The van der Waals surface area contributed by atoms with Gasteiger partial charge in [0.15, 0.2) is 0 Å². The molecule has 4 unspecified atom stereocenters. The molecule has 1 aliphatic carbocycles. The smallest absolute Gasteiger partial charge is 0.0665 e. The van der Waals surface area contributed by atoms with Crippen molar-refractivity contribution in [2.24, 2.45) is 11.5 Å². The van der Waals surface area contributed by atoms with E-state index in [0.29, 0.717) is 0 Å². The third kappa shape index (κ3) is 2.22. The van der Waals surface area contributed by atoms with Gasteiger partial charge in [0.05, 0.1) is 10.8 Å². The summed E-state index contributed by atoms with van der Waals surface area (Å²) in [6.07, 6.45) is 2.90. The van der Waals surface area contributed by atoms with Crippen molar-refractivity contribution in [3.05, 3.63) is 0 Å². The Labute approximate surface area is 77.2 Å². The van der Waals surface area contributed by atoms with Gasteiger partial charge in [0.1, 0.15) is 0 Å². The fourth-order valence-electron chi connectivity index (χ4n) is 1.38. The van der Waals surface area contributed by atoms with E-state index in [-0.39, 0.29) is 22.8 Å². The van der Waals surface area contributed by atoms with Gasteiger partial charge >= 0.3 is 0 Å². The lowest BCUT2D eigenvalue weighted by Gasteiger charge is -2.22. The molecule has 4 heteroatoms. The van der Waals surface area contributed by atoms with Crippen LogP contribution in [0.15, 0.2) is 0 Å². The van der Waals surface area contributed by atoms with Crippen LogP contribution in [0.5, 0.6) is 0 Å². The fourth-order valence-corrected chi connectivity index (χ4v) is 2.01. The molecule has 1 saturated carbocycles. The molecule has 0 amide bonds. The summed E-state index contributed by atoms with van der Waals surface area (Å²) in [5.41, 5.74) is 11.5. The highest BCUT2D eigenvalue weighted by atomic mass is 35.5. The van der Waals surface area contributed by atoms with Gasteiger partial charge in [-0.15, -0.1) is 23.2 Å². The predicted molar refractivity (Wildman–Crippen MR) is 49.1 cm³/mol. The average Bonchev–Trinajstić information content (AvgIpc) is 2.07. The SMILES string of the molecule is NC1CCCC(Cl)C(Cl)C1N. The lowest BCUT2D eigenvalue weighted by atomic mass is 10.1. The molecule has 11 heavy (non-hydrogen) atoms. The maximum absolute atomic E-state index is 5.98. The molecule has 66 valence electrons. The maximum Gasteiger partial charge on any atom is 0.0665 e. The monoisotopic (exact) mass is 196 g/mol. The van der Waals surface area contributed by atoms with Crippen LogP contribution in [0.25, 0.3) is 0 Å². The number of halogens is 2. The lowest BCUT2D eigenvalue weighted by Crippen LogP contribution is -2.48. The molecule has 0 saturated heterocycles. The largest absolute Gasteiger partial charge is 0.326 e. The van der Waals surface area contributed by atoms with Gasteiger partial charge in [-0.1, -0.05) is 6.42 Å². The zero-order valence-electron chi connectivity index (χ0n) is 6.34. The quantitative estimate of drug-likeness (QED) is 0.450. The van der Waals surface area contributed by atoms with Gasteiger partial charge in [0, 0.05) is 12.1 Å². The minimum Gasteiger partial charge on any atom is -0.326 e. The molecule has 1 fully saturated rings. The van der Waals surface area contributed by atoms with Crippen LogP contribution in [0.2, 0.25) is 0 Å². The number of rotatable bonds is 0. The van der Waals surface area contributed by atoms with Crippen molar-refractivity contribution in [3.8, 4) is 0 Å². The normalized spacial score (nSPS) is 46.9. The van der Waals surface area contributed by atoms with Crippen LogP contribution in [0, 0.1) is 0 Å². The maximum atomic E-state index is 5.98. The third-order valence-corrected chi connectivity index (χ3v) is 3.44. The Bertz CT molecular complexity index is 118. The summed E-state index contributed by atoms with van der Waals surface area (Å²) in [7, 11) is 0. The number of hydrogen-bond acceptors (Lipinski definition) is 2. The van der Waals surface area contributed by atoms with E-state index in [0.717, 1.165) is 19.3 Å². The topological polar surface area (TPSA) is 52.0 Å². The highest BCUT2D eigenvalue weighted by molar-refractivity contribution is 6.30. The van der Waals surface area contributed by atoms with Gasteiger partial charge in [-0.3, -0.25) is 0 Å². The second-order valence-corrected chi connectivity index (χ2v) is 4.20. The first-order chi connectivity index (χ1) is 5.13. The molecule has 1 aliphatic rings. The van der Waals surface area contributed by atoms with Crippen LogP contribution in [0.1, 0.15) is 19.3 Å². The number of hydrogen-bond donors (Lipinski definition) is 2. The zero-order chi connectivity index (χ0) is 8.43. The van der Waals surface area contributed by atoms with Crippen molar-refractivity contribution < 1.29 is 0 Å². The lowest BCUT2D eigenvalue weighted by molar-refractivity contribution is 0.506. The molecule has 0 heterocycles. The second-order valence-electron chi connectivity index (χ2n) is 3.13. The van der Waals surface area contributed by atoms with Gasteiger partial charge in [-0.2, -0.15) is 0 Å². The summed E-state index contributed by atoms with van der Waals surface area (Å²) < 4.78 is 0.